The molecule has 2 aromatic carbocycles. The molecule has 3 aromatic rings. The topological polar surface area (TPSA) is 134 Å². The minimum absolute atomic E-state index is 0.00807. The molecule has 28 heavy (non-hydrogen) atoms. The van der Waals surface area contributed by atoms with Gasteiger partial charge >= 0.3 is 0 Å². The second-order valence-electron chi connectivity index (χ2n) is 5.93. The predicted octanol–water partition coefficient (Wildman–Crippen LogP) is 4.20. The molecular formula is C18H16Cl2N5O3-. The first-order valence-electron chi connectivity index (χ1n) is 8.03. The van der Waals surface area contributed by atoms with Crippen molar-refractivity contribution in [3.8, 4) is 16.9 Å². The predicted molar refractivity (Wildman–Crippen MR) is 109 cm³/mol. The molecule has 0 saturated heterocycles. The molecule has 1 aromatic heterocycles. The zero-order valence-electron chi connectivity index (χ0n) is 14.7. The second-order valence-corrected chi connectivity index (χ2v) is 6.74. The molecular weight excluding hydrogens is 405 g/mol. The van der Waals surface area contributed by atoms with Crippen LogP contribution in [0, 0.1) is 12.1 Å². The molecule has 10 heteroatoms. The van der Waals surface area contributed by atoms with E-state index in [1.807, 2.05) is 0 Å². The summed E-state index contributed by atoms with van der Waals surface area (Å²) in [7, 11) is 0. The molecule has 0 atom stereocenters. The van der Waals surface area contributed by atoms with Crippen molar-refractivity contribution in [3.63, 3.8) is 0 Å². The highest BCUT2D eigenvalue weighted by atomic mass is 35.5. The zero-order valence-corrected chi connectivity index (χ0v) is 16.2. The van der Waals surface area contributed by atoms with E-state index in [0.717, 1.165) is 0 Å². The van der Waals surface area contributed by atoms with Crippen molar-refractivity contribution in [2.24, 2.45) is 0 Å². The average molecular weight is 421 g/mol. The Bertz CT molecular complexity index is 1030. The molecule has 5 N–H and O–H groups in total. The maximum Gasteiger partial charge on any atom is 0.222 e. The molecule has 146 valence electrons. The summed E-state index contributed by atoms with van der Waals surface area (Å²) in [6.45, 7) is 1.70. The van der Waals surface area contributed by atoms with Crippen molar-refractivity contribution >= 4 is 40.7 Å². The van der Waals surface area contributed by atoms with Gasteiger partial charge in [-0.15, -0.1) is 0 Å². The Hall–Kier alpha value is -2.78. The summed E-state index contributed by atoms with van der Waals surface area (Å²) in [6.07, 6.45) is 0. The van der Waals surface area contributed by atoms with Crippen molar-refractivity contribution in [2.45, 2.75) is 13.5 Å². The number of hydrogen-bond acceptors (Lipinski definition) is 8. The zero-order chi connectivity index (χ0) is 20.4. The van der Waals surface area contributed by atoms with Crippen molar-refractivity contribution in [3.05, 3.63) is 62.9 Å². The summed E-state index contributed by atoms with van der Waals surface area (Å²) in [6, 6.07) is 9.65. The average Bonchev–Trinajstić information content (AvgIpc) is 2.62. The number of nitrogens with zero attached hydrogens (tertiary/aromatic N) is 3. The lowest BCUT2D eigenvalue weighted by atomic mass is 10.0. The molecule has 3 rings (SSSR count). The van der Waals surface area contributed by atoms with Crippen molar-refractivity contribution in [1.29, 1.82) is 0 Å². The number of anilines is 3. The molecule has 8 nitrogen and oxygen atoms in total. The van der Waals surface area contributed by atoms with Crippen LogP contribution >= 0.6 is 23.2 Å². The fourth-order valence-corrected chi connectivity index (χ4v) is 3.00. The van der Waals surface area contributed by atoms with Crippen LogP contribution in [0.5, 0.6) is 5.75 Å². The third-order valence-corrected chi connectivity index (χ3v) is 4.73. The van der Waals surface area contributed by atoms with Gasteiger partial charge in [0.25, 0.3) is 0 Å². The Balaban J connectivity index is 1.94. The highest BCUT2D eigenvalue weighted by Gasteiger charge is 2.16. The highest BCUT2D eigenvalue weighted by molar-refractivity contribution is 6.42. The van der Waals surface area contributed by atoms with Gasteiger partial charge in [-0.3, -0.25) is 5.21 Å². The number of benzene rings is 2. The van der Waals surface area contributed by atoms with Crippen LogP contribution in [0.3, 0.4) is 0 Å². The number of halogens is 2. The third kappa shape index (κ3) is 4.20. The first-order chi connectivity index (χ1) is 13.3. The van der Waals surface area contributed by atoms with Gasteiger partial charge in [0.05, 0.1) is 21.4 Å². The Labute approximate surface area is 170 Å². The summed E-state index contributed by atoms with van der Waals surface area (Å²) in [4.78, 5) is 8.24. The SMILES string of the molecule is Cc1cc(OCc2nc(N)nc(N)c2-c2ccc(Cl)c(Cl)c2)ccc1N([O-])O. The van der Waals surface area contributed by atoms with E-state index in [1.54, 1.807) is 37.3 Å². The van der Waals surface area contributed by atoms with E-state index in [-0.39, 0.29) is 29.3 Å². The summed E-state index contributed by atoms with van der Waals surface area (Å²) in [5.74, 6) is 0.658. The standard InChI is InChI=1S/C18H16Cl2N5O3/c1-9-6-11(3-5-15(9)25(26)27)28-8-14-16(17(21)24-18(22)23-14)10-2-4-12(19)13(20)7-10/h2-7,26H,8H2,1H3,(H4,21,22,23,24)/q-1. The summed E-state index contributed by atoms with van der Waals surface area (Å²) < 4.78 is 5.77. The van der Waals surface area contributed by atoms with Crippen LogP contribution in [0.2, 0.25) is 10.0 Å². The molecule has 0 amide bonds. The van der Waals surface area contributed by atoms with Crippen molar-refractivity contribution in [2.75, 3.05) is 16.7 Å². The van der Waals surface area contributed by atoms with E-state index in [9.17, 15) is 5.21 Å². The van der Waals surface area contributed by atoms with Gasteiger partial charge in [-0.2, -0.15) is 4.98 Å². The minimum Gasteiger partial charge on any atom is -0.733 e. The van der Waals surface area contributed by atoms with Crippen LogP contribution in [0.1, 0.15) is 11.3 Å². The maximum atomic E-state index is 11.1. The lowest BCUT2D eigenvalue weighted by Crippen LogP contribution is -2.10. The van der Waals surface area contributed by atoms with Gasteiger partial charge in [0.15, 0.2) is 0 Å². The van der Waals surface area contributed by atoms with Gasteiger partial charge in [-0.25, -0.2) is 4.98 Å². The summed E-state index contributed by atoms with van der Waals surface area (Å²) >= 11 is 12.1. The lowest BCUT2D eigenvalue weighted by Gasteiger charge is -2.24. The number of aromatic nitrogens is 2. The summed E-state index contributed by atoms with van der Waals surface area (Å²) in [5, 5.41) is 20.7. The smallest absolute Gasteiger partial charge is 0.222 e. The van der Waals surface area contributed by atoms with E-state index in [2.05, 4.69) is 9.97 Å². The van der Waals surface area contributed by atoms with Crippen LogP contribution in [-0.4, -0.2) is 15.2 Å². The Morgan fingerprint density at radius 3 is 2.50 bits per heavy atom. The van der Waals surface area contributed by atoms with E-state index in [1.165, 1.54) is 6.07 Å². The number of aryl methyl sites for hydroxylation is 1. The molecule has 0 aliphatic heterocycles. The van der Waals surface area contributed by atoms with Crippen LogP contribution in [0.4, 0.5) is 17.5 Å². The van der Waals surface area contributed by atoms with Crippen LogP contribution in [-0.2, 0) is 6.61 Å². The largest absolute Gasteiger partial charge is 0.733 e. The monoisotopic (exact) mass is 420 g/mol. The second kappa shape index (κ2) is 8.07. The Kier molecular flexibility index (Phi) is 5.76. The number of ether oxygens (including phenoxy) is 1. The fraction of sp³-hybridized carbons (Fsp3) is 0.111. The highest BCUT2D eigenvalue weighted by Crippen LogP contribution is 2.34. The maximum absolute atomic E-state index is 11.1. The number of rotatable bonds is 5. The molecule has 1 heterocycles. The molecule has 0 unspecified atom stereocenters. The van der Waals surface area contributed by atoms with Crippen LogP contribution < -0.4 is 21.4 Å². The number of hydrogen-bond donors (Lipinski definition) is 3. The first-order valence-corrected chi connectivity index (χ1v) is 8.78. The molecule has 0 aliphatic carbocycles. The van der Waals surface area contributed by atoms with Gasteiger partial charge in [-0.05, 0) is 48.4 Å². The van der Waals surface area contributed by atoms with Gasteiger partial charge in [-0.1, -0.05) is 29.3 Å². The normalized spacial score (nSPS) is 10.8. The van der Waals surface area contributed by atoms with E-state index in [4.69, 9.17) is 44.6 Å². The minimum atomic E-state index is -0.201. The molecule has 0 aliphatic rings. The third-order valence-electron chi connectivity index (χ3n) is 3.99. The molecule has 0 spiro atoms. The first kappa shape index (κ1) is 20.0. The van der Waals surface area contributed by atoms with Crippen LogP contribution in [0.25, 0.3) is 11.1 Å². The van der Waals surface area contributed by atoms with Gasteiger partial charge in [0, 0.05) is 5.56 Å². The molecule has 0 radical (unpaired) electrons. The summed E-state index contributed by atoms with van der Waals surface area (Å²) in [5.41, 5.74) is 14.1. The Morgan fingerprint density at radius 1 is 1.11 bits per heavy atom. The molecule has 0 fully saturated rings. The lowest BCUT2D eigenvalue weighted by molar-refractivity contribution is 0.293. The fourth-order valence-electron chi connectivity index (χ4n) is 2.70. The molecule has 0 bridgehead atoms. The number of nitrogens with two attached hydrogens (primary N) is 2. The van der Waals surface area contributed by atoms with Crippen molar-refractivity contribution < 1.29 is 9.94 Å². The van der Waals surface area contributed by atoms with Gasteiger partial charge < -0.3 is 26.6 Å². The van der Waals surface area contributed by atoms with Crippen LogP contribution in [0.15, 0.2) is 36.4 Å². The quantitative estimate of drug-likeness (QED) is 0.522. The molecule has 0 saturated carbocycles. The van der Waals surface area contributed by atoms with E-state index >= 15 is 0 Å². The van der Waals surface area contributed by atoms with Gasteiger partial charge in [0.2, 0.25) is 5.95 Å². The number of nitrogen functional groups attached to an aromatic ring is 2. The van der Waals surface area contributed by atoms with E-state index in [0.29, 0.717) is 38.2 Å². The van der Waals surface area contributed by atoms with E-state index < -0.39 is 0 Å². The van der Waals surface area contributed by atoms with Gasteiger partial charge in [0.1, 0.15) is 18.2 Å². The van der Waals surface area contributed by atoms with Crippen molar-refractivity contribution in [1.82, 2.24) is 9.97 Å². The Morgan fingerprint density at radius 2 is 1.86 bits per heavy atom.